The maximum atomic E-state index is 12.1. The molecule has 0 aliphatic heterocycles. The van der Waals surface area contributed by atoms with E-state index in [-0.39, 0.29) is 23.9 Å². The van der Waals surface area contributed by atoms with Gasteiger partial charge in [-0.2, -0.15) is 0 Å². The van der Waals surface area contributed by atoms with Crippen molar-refractivity contribution >= 4 is 11.8 Å². The predicted octanol–water partition coefficient (Wildman–Crippen LogP) is 6.34. The number of nitrogens with one attached hydrogen (secondary N) is 2. The first-order chi connectivity index (χ1) is 16.2. The minimum atomic E-state index is -0.0459. The van der Waals surface area contributed by atoms with Crippen LogP contribution in [0.4, 0.5) is 0 Å². The third-order valence-corrected chi connectivity index (χ3v) is 6.52. The molecule has 1 fully saturated rings. The summed E-state index contributed by atoms with van der Waals surface area (Å²) < 4.78 is 0. The molecule has 0 heterocycles. The summed E-state index contributed by atoms with van der Waals surface area (Å²) in [5.74, 6) is 0.0821. The molecule has 1 saturated carbocycles. The lowest BCUT2D eigenvalue weighted by molar-refractivity contribution is -0.121. The second-order valence-corrected chi connectivity index (χ2v) is 9.85. The molecule has 192 valence electrons. The highest BCUT2D eigenvalue weighted by Crippen LogP contribution is 2.21. The van der Waals surface area contributed by atoms with Crippen molar-refractivity contribution in [1.82, 2.24) is 10.6 Å². The number of carbonyl (C=O) groups excluding carboxylic acids is 2. The van der Waals surface area contributed by atoms with Crippen LogP contribution >= 0.6 is 0 Å². The number of hydrogen-bond acceptors (Lipinski definition) is 3. The molecule has 1 aliphatic rings. The first kappa shape index (κ1) is 29.7. The van der Waals surface area contributed by atoms with Crippen molar-refractivity contribution in [1.29, 1.82) is 0 Å². The molecule has 33 heavy (non-hydrogen) atoms. The monoisotopic (exact) mass is 464 g/mol. The van der Waals surface area contributed by atoms with Crippen molar-refractivity contribution in [2.24, 2.45) is 0 Å². The Hall–Kier alpha value is -1.36. The van der Waals surface area contributed by atoms with Crippen molar-refractivity contribution in [2.45, 2.75) is 147 Å². The van der Waals surface area contributed by atoms with Gasteiger partial charge in [0.15, 0.2) is 0 Å². The summed E-state index contributed by atoms with van der Waals surface area (Å²) in [6, 6.07) is 0.210. The van der Waals surface area contributed by atoms with E-state index in [0.717, 1.165) is 44.9 Å². The quantitative estimate of drug-likeness (QED) is 0.122. The van der Waals surface area contributed by atoms with E-state index in [1.807, 2.05) is 6.08 Å². The van der Waals surface area contributed by atoms with E-state index in [2.05, 4.69) is 17.6 Å². The summed E-state index contributed by atoms with van der Waals surface area (Å²) >= 11 is 0. The van der Waals surface area contributed by atoms with Crippen molar-refractivity contribution in [3.8, 4) is 0 Å². The number of carbonyl (C=O) groups is 2. The molecule has 0 saturated heterocycles. The zero-order valence-corrected chi connectivity index (χ0v) is 21.4. The molecule has 0 bridgehead atoms. The molecule has 0 radical (unpaired) electrons. The van der Waals surface area contributed by atoms with Crippen LogP contribution in [-0.2, 0) is 9.59 Å². The van der Waals surface area contributed by atoms with Crippen LogP contribution in [-0.4, -0.2) is 35.6 Å². The molecule has 0 aromatic carbocycles. The van der Waals surface area contributed by atoms with Gasteiger partial charge in [0.25, 0.3) is 0 Å². The van der Waals surface area contributed by atoms with Crippen LogP contribution in [0.3, 0.4) is 0 Å². The molecule has 3 N–H and O–H groups in total. The Kier molecular flexibility index (Phi) is 19.1. The van der Waals surface area contributed by atoms with Crippen LogP contribution in [0.15, 0.2) is 12.2 Å². The number of rotatable bonds is 23. The molecule has 5 heteroatoms. The summed E-state index contributed by atoms with van der Waals surface area (Å²) in [4.78, 5) is 24.1. The molecule has 2 unspecified atom stereocenters. The highest BCUT2D eigenvalue weighted by atomic mass is 16.3. The van der Waals surface area contributed by atoms with Gasteiger partial charge in [-0.3, -0.25) is 9.59 Å². The zero-order valence-electron chi connectivity index (χ0n) is 21.4. The molecule has 0 aromatic heterocycles. The average molecular weight is 465 g/mol. The molecular formula is C28H52N2O3. The molecule has 1 rings (SSSR count). The van der Waals surface area contributed by atoms with E-state index >= 15 is 0 Å². The third kappa shape index (κ3) is 18.7. The van der Waals surface area contributed by atoms with Crippen molar-refractivity contribution in [3.05, 3.63) is 12.2 Å². The largest absolute Gasteiger partial charge is 0.396 e. The van der Waals surface area contributed by atoms with Crippen LogP contribution in [0.5, 0.6) is 0 Å². The van der Waals surface area contributed by atoms with E-state index in [1.165, 1.54) is 77.0 Å². The van der Waals surface area contributed by atoms with Crippen LogP contribution < -0.4 is 10.6 Å². The molecule has 5 nitrogen and oxygen atoms in total. The summed E-state index contributed by atoms with van der Waals surface area (Å²) in [5.41, 5.74) is 0. The van der Waals surface area contributed by atoms with Gasteiger partial charge in [-0.15, -0.1) is 0 Å². The van der Waals surface area contributed by atoms with Gasteiger partial charge in [0.1, 0.15) is 0 Å². The maximum Gasteiger partial charge on any atom is 0.243 e. The van der Waals surface area contributed by atoms with E-state index in [0.29, 0.717) is 13.0 Å². The van der Waals surface area contributed by atoms with Gasteiger partial charge in [-0.05, 0) is 38.2 Å². The van der Waals surface area contributed by atoms with Crippen LogP contribution in [0.2, 0.25) is 0 Å². The zero-order chi connectivity index (χ0) is 24.0. The highest BCUT2D eigenvalue weighted by molar-refractivity contribution is 5.88. The number of allylic oxidation sites excluding steroid dienone is 1. The van der Waals surface area contributed by atoms with E-state index in [1.54, 1.807) is 6.08 Å². The van der Waals surface area contributed by atoms with Crippen LogP contribution in [0.25, 0.3) is 0 Å². The predicted molar refractivity (Wildman–Crippen MR) is 138 cm³/mol. The van der Waals surface area contributed by atoms with Crippen LogP contribution in [0, 0.1) is 0 Å². The van der Waals surface area contributed by atoms with Gasteiger partial charge < -0.3 is 15.7 Å². The topological polar surface area (TPSA) is 78.4 Å². The van der Waals surface area contributed by atoms with Crippen molar-refractivity contribution < 1.29 is 14.7 Å². The third-order valence-electron chi connectivity index (χ3n) is 6.52. The Balaban J connectivity index is 1.90. The molecule has 0 spiro atoms. The second-order valence-electron chi connectivity index (χ2n) is 9.85. The normalized spacial score (nSPS) is 17.4. The molecule has 2 amide bonds. The van der Waals surface area contributed by atoms with Gasteiger partial charge in [-0.1, -0.05) is 103 Å². The lowest BCUT2D eigenvalue weighted by atomic mass is 10.1. The second kappa shape index (κ2) is 21.2. The molecular weight excluding hydrogens is 412 g/mol. The molecule has 2 atom stereocenters. The maximum absolute atomic E-state index is 12.1. The van der Waals surface area contributed by atoms with Gasteiger partial charge in [-0.25, -0.2) is 0 Å². The number of amides is 2. The Morgan fingerprint density at radius 2 is 1.24 bits per heavy atom. The Labute approximate surface area is 203 Å². The van der Waals surface area contributed by atoms with E-state index in [9.17, 15) is 9.59 Å². The van der Waals surface area contributed by atoms with Crippen molar-refractivity contribution in [3.63, 3.8) is 0 Å². The van der Waals surface area contributed by atoms with E-state index < -0.39 is 0 Å². The Morgan fingerprint density at radius 1 is 0.727 bits per heavy atom. The van der Waals surface area contributed by atoms with Gasteiger partial charge in [0, 0.05) is 13.0 Å². The van der Waals surface area contributed by atoms with E-state index in [4.69, 9.17) is 5.11 Å². The smallest absolute Gasteiger partial charge is 0.243 e. The summed E-state index contributed by atoms with van der Waals surface area (Å²) in [6.45, 7) is 2.56. The fraction of sp³-hybridized carbons (Fsp3) is 0.857. The molecule has 1 aliphatic carbocycles. The highest BCUT2D eigenvalue weighted by Gasteiger charge is 2.38. The fourth-order valence-corrected chi connectivity index (χ4v) is 4.25. The van der Waals surface area contributed by atoms with Gasteiger partial charge in [0.05, 0.1) is 12.1 Å². The number of aliphatic hydroxyl groups is 1. The summed E-state index contributed by atoms with van der Waals surface area (Å²) in [7, 11) is 0. The lowest BCUT2D eigenvalue weighted by Gasteiger charge is -2.06. The Morgan fingerprint density at radius 3 is 1.85 bits per heavy atom. The number of hydrogen-bond donors (Lipinski definition) is 3. The van der Waals surface area contributed by atoms with Gasteiger partial charge in [0.2, 0.25) is 11.8 Å². The molecule has 0 aromatic rings. The number of aliphatic hydroxyl groups excluding tert-OH is 1. The first-order valence-corrected chi connectivity index (χ1v) is 14.0. The van der Waals surface area contributed by atoms with Crippen molar-refractivity contribution in [2.75, 3.05) is 6.61 Å². The minimum Gasteiger partial charge on any atom is -0.396 e. The number of unbranched alkanes of at least 4 members (excludes halogenated alkanes) is 16. The average Bonchev–Trinajstić information content (AvgIpc) is 3.52. The van der Waals surface area contributed by atoms with Gasteiger partial charge >= 0.3 is 0 Å². The SMILES string of the molecule is CCCCCCCCCCCCC(=O)NC1CC1NC(=O)C=CCCCCCCCCCO. The van der Waals surface area contributed by atoms with Crippen LogP contribution in [0.1, 0.15) is 135 Å². The lowest BCUT2D eigenvalue weighted by Crippen LogP contribution is -2.33. The Bertz CT molecular complexity index is 521. The minimum absolute atomic E-state index is 0.0459. The standard InChI is InChI=1S/C28H52N2O3/c1-2-3-4-5-6-7-9-12-15-18-21-27(32)29-25-24-26(25)30-28(33)22-19-16-13-10-8-11-14-17-20-23-31/h19,22,25-26,31H,2-18,20-21,23-24H2,1H3,(H,29,32)(H,30,33). The first-order valence-electron chi connectivity index (χ1n) is 14.0. The summed E-state index contributed by atoms with van der Waals surface area (Å²) in [5, 5.41) is 14.8. The summed E-state index contributed by atoms with van der Waals surface area (Å²) in [6.07, 6.45) is 26.8. The fourth-order valence-electron chi connectivity index (χ4n) is 4.25.